The monoisotopic (exact) mass is 463 g/mol. The van der Waals surface area contributed by atoms with Crippen LogP contribution < -0.4 is 5.73 Å². The van der Waals surface area contributed by atoms with E-state index in [1.807, 2.05) is 0 Å². The maximum atomic E-state index is 9.23. The summed E-state index contributed by atoms with van der Waals surface area (Å²) in [4.78, 5) is 0. The van der Waals surface area contributed by atoms with Crippen LogP contribution >= 0.6 is 0 Å². The summed E-state index contributed by atoms with van der Waals surface area (Å²) in [6.45, 7) is 0.0875. The third-order valence-electron chi connectivity index (χ3n) is 1.61. The van der Waals surface area contributed by atoms with Gasteiger partial charge in [-0.1, -0.05) is 6.07 Å². The highest BCUT2D eigenvalue weighted by atomic mass is 32.3. The molecule has 0 aromatic heterocycles. The van der Waals surface area contributed by atoms with Gasteiger partial charge in [0.1, 0.15) is 0 Å². The van der Waals surface area contributed by atoms with Gasteiger partial charge in [0.2, 0.25) is 0 Å². The van der Waals surface area contributed by atoms with Crippen LogP contribution in [-0.2, 0) is 31.2 Å². The molecule has 0 spiro atoms. The van der Waals surface area contributed by atoms with Gasteiger partial charge in [0.25, 0.3) is 0 Å². The predicted octanol–water partition coefficient (Wildman–Crippen LogP) is -1.87. The maximum absolute atomic E-state index is 9.23. The van der Waals surface area contributed by atoms with E-state index >= 15 is 0 Å². The van der Waals surface area contributed by atoms with Crippen LogP contribution in [0.3, 0.4) is 0 Å². The van der Waals surface area contributed by atoms with Crippen molar-refractivity contribution in [1.82, 2.24) is 0 Å². The molecule has 0 amide bonds. The number of aromatic hydroxyl groups is 2. The lowest BCUT2D eigenvalue weighted by molar-refractivity contribution is 0.186. The molecule has 162 valence electrons. The molecule has 19 heteroatoms. The van der Waals surface area contributed by atoms with Gasteiger partial charge in [0.05, 0.1) is 6.10 Å². The van der Waals surface area contributed by atoms with Gasteiger partial charge in [-0.05, 0) is 17.7 Å². The van der Waals surface area contributed by atoms with Crippen molar-refractivity contribution in [1.29, 1.82) is 0 Å². The number of aliphatic hydroxyl groups excluding tert-OH is 1. The molecular weight excluding hydrogens is 446 g/mol. The average molecular weight is 463 g/mol. The van der Waals surface area contributed by atoms with Crippen LogP contribution in [0.1, 0.15) is 11.7 Å². The third kappa shape index (κ3) is 40.4. The Hall–Kier alpha value is -1.65. The van der Waals surface area contributed by atoms with Crippen LogP contribution in [0.25, 0.3) is 0 Å². The van der Waals surface area contributed by atoms with Crippen LogP contribution in [0.15, 0.2) is 18.2 Å². The SMILES string of the molecule is NC[C@H](O)c1ccc(O)c(O)c1.O=S(=O)(O)O.O=S(=O)(O)O.O=S(=O)(O)O. The van der Waals surface area contributed by atoms with Crippen LogP contribution in [0.5, 0.6) is 11.5 Å². The maximum Gasteiger partial charge on any atom is 0.394 e. The Morgan fingerprint density at radius 3 is 1.26 bits per heavy atom. The lowest BCUT2D eigenvalue weighted by atomic mass is 10.1. The van der Waals surface area contributed by atoms with Crippen LogP contribution in [0.2, 0.25) is 0 Å². The molecule has 0 unspecified atom stereocenters. The first kappa shape index (κ1) is 30.1. The Balaban J connectivity index is -0.000000323. The number of hydrogen-bond acceptors (Lipinski definition) is 10. The molecule has 1 aromatic rings. The molecule has 27 heavy (non-hydrogen) atoms. The van der Waals surface area contributed by atoms with E-state index < -0.39 is 37.3 Å². The second-order valence-corrected chi connectivity index (χ2v) is 6.53. The fourth-order valence-electron chi connectivity index (χ4n) is 0.884. The summed E-state index contributed by atoms with van der Waals surface area (Å²) in [5.41, 5.74) is 5.69. The van der Waals surface area contributed by atoms with E-state index in [2.05, 4.69) is 0 Å². The Morgan fingerprint density at radius 1 is 0.741 bits per heavy atom. The van der Waals surface area contributed by atoms with Crippen molar-refractivity contribution < 1.29 is 67.9 Å². The summed E-state index contributed by atoms with van der Waals surface area (Å²) in [5.74, 6) is -0.456. The predicted molar refractivity (Wildman–Crippen MR) is 86.3 cm³/mol. The van der Waals surface area contributed by atoms with E-state index in [-0.39, 0.29) is 18.0 Å². The quantitative estimate of drug-likeness (QED) is 0.169. The fourth-order valence-corrected chi connectivity index (χ4v) is 0.884. The largest absolute Gasteiger partial charge is 0.504 e. The van der Waals surface area contributed by atoms with Gasteiger partial charge in [-0.2, -0.15) is 25.3 Å². The summed E-state index contributed by atoms with van der Waals surface area (Å²) in [6.07, 6.45) is -0.795. The van der Waals surface area contributed by atoms with Crippen LogP contribution in [-0.4, -0.2) is 74.4 Å². The summed E-state index contributed by atoms with van der Waals surface area (Å²) >= 11 is 0. The van der Waals surface area contributed by atoms with E-state index in [0.29, 0.717) is 5.56 Å². The molecule has 0 bridgehead atoms. The molecule has 11 N–H and O–H groups in total. The minimum absolute atomic E-state index is 0.0875. The molecule has 0 saturated heterocycles. The highest BCUT2D eigenvalue weighted by molar-refractivity contribution is 7.80. The summed E-state index contributed by atoms with van der Waals surface area (Å²) in [7, 11) is -14.0. The second kappa shape index (κ2) is 12.7. The topological polar surface area (TPSA) is 311 Å². The standard InChI is InChI=1S/C8H11NO3.3H2O4S/c9-4-8(12)5-1-2-6(10)7(11)3-5;3*1-5(2,3)4/h1-3,8,10-12H,4,9H2;3*(H2,1,2,3,4)/t8-;;;/m0.../s1. The number of benzene rings is 1. The highest BCUT2D eigenvalue weighted by Crippen LogP contribution is 2.27. The summed E-state index contributed by atoms with van der Waals surface area (Å²) < 4.78 is 94.8. The highest BCUT2D eigenvalue weighted by Gasteiger charge is 2.07. The molecular formula is C8H17NO15S3. The molecule has 1 atom stereocenters. The van der Waals surface area contributed by atoms with E-state index in [9.17, 15) is 5.11 Å². The van der Waals surface area contributed by atoms with Gasteiger partial charge in [-0.25, -0.2) is 0 Å². The molecule has 0 aliphatic carbocycles. The minimum atomic E-state index is -4.67. The van der Waals surface area contributed by atoms with Gasteiger partial charge in [-0.3, -0.25) is 27.3 Å². The molecule has 0 fully saturated rings. The van der Waals surface area contributed by atoms with Crippen LogP contribution in [0, 0.1) is 0 Å². The minimum Gasteiger partial charge on any atom is -0.504 e. The van der Waals surface area contributed by atoms with E-state index in [1.165, 1.54) is 18.2 Å². The zero-order valence-corrected chi connectivity index (χ0v) is 15.2. The van der Waals surface area contributed by atoms with Crippen LogP contribution in [0.4, 0.5) is 0 Å². The molecule has 1 aromatic carbocycles. The van der Waals surface area contributed by atoms with Crippen molar-refractivity contribution in [2.45, 2.75) is 6.10 Å². The number of rotatable bonds is 2. The van der Waals surface area contributed by atoms with Gasteiger partial charge in [-0.15, -0.1) is 0 Å². The number of phenols is 2. The van der Waals surface area contributed by atoms with Crippen molar-refractivity contribution in [2.75, 3.05) is 6.54 Å². The number of aliphatic hydroxyl groups is 1. The fraction of sp³-hybridized carbons (Fsp3) is 0.250. The lowest BCUT2D eigenvalue weighted by Gasteiger charge is -2.08. The number of phenolic OH excluding ortho intramolecular Hbond substituents is 2. The van der Waals surface area contributed by atoms with Crippen molar-refractivity contribution in [2.24, 2.45) is 5.73 Å². The number of hydrogen-bond donors (Lipinski definition) is 10. The second-order valence-electron chi connectivity index (χ2n) is 3.84. The smallest absolute Gasteiger partial charge is 0.394 e. The first-order valence-electron chi connectivity index (χ1n) is 5.64. The first-order chi connectivity index (χ1) is 11.6. The van der Waals surface area contributed by atoms with Crippen molar-refractivity contribution >= 4 is 31.2 Å². The Bertz CT molecular complexity index is 765. The third-order valence-corrected chi connectivity index (χ3v) is 1.61. The van der Waals surface area contributed by atoms with E-state index in [0.717, 1.165) is 0 Å². The zero-order chi connectivity index (χ0) is 22.6. The number of nitrogens with two attached hydrogens (primary N) is 1. The van der Waals surface area contributed by atoms with Crippen molar-refractivity contribution in [3.8, 4) is 11.5 Å². The van der Waals surface area contributed by atoms with E-state index in [1.54, 1.807) is 0 Å². The summed E-state index contributed by atoms with van der Waals surface area (Å²) in [6, 6.07) is 4.10. The molecule has 0 aliphatic rings. The molecule has 0 heterocycles. The Morgan fingerprint density at radius 2 is 1.04 bits per heavy atom. The lowest BCUT2D eigenvalue weighted by Crippen LogP contribution is -2.11. The van der Waals surface area contributed by atoms with Crippen molar-refractivity contribution in [3.63, 3.8) is 0 Å². The first-order valence-corrected chi connectivity index (χ1v) is 9.83. The van der Waals surface area contributed by atoms with Gasteiger partial charge < -0.3 is 21.1 Å². The molecule has 0 aliphatic heterocycles. The molecule has 16 nitrogen and oxygen atoms in total. The van der Waals surface area contributed by atoms with E-state index in [4.69, 9.17) is 68.5 Å². The van der Waals surface area contributed by atoms with Crippen molar-refractivity contribution in [3.05, 3.63) is 23.8 Å². The zero-order valence-electron chi connectivity index (χ0n) is 12.8. The summed E-state index contributed by atoms with van der Waals surface area (Å²) in [5, 5.41) is 27.2. The normalized spacial score (nSPS) is 12.1. The average Bonchev–Trinajstić information content (AvgIpc) is 2.35. The Labute approximate surface area is 153 Å². The van der Waals surface area contributed by atoms with Gasteiger partial charge >= 0.3 is 31.2 Å². The molecule has 0 saturated carbocycles. The van der Waals surface area contributed by atoms with Gasteiger partial charge in [0, 0.05) is 6.54 Å². The Kier molecular flexibility index (Phi) is 14.1. The van der Waals surface area contributed by atoms with Gasteiger partial charge in [0.15, 0.2) is 11.5 Å². The molecule has 0 radical (unpaired) electrons. The molecule has 1 rings (SSSR count).